The minimum Gasteiger partial charge on any atom is -0.381 e. The van der Waals surface area contributed by atoms with E-state index in [0.717, 1.165) is 32.0 Å². The second-order valence-corrected chi connectivity index (χ2v) is 5.70. The smallest absolute Gasteiger partial charge is 0.290 e. The summed E-state index contributed by atoms with van der Waals surface area (Å²) in [7, 11) is 0. The molecule has 6 nitrogen and oxygen atoms in total. The normalized spacial score (nSPS) is 21.9. The van der Waals surface area contributed by atoms with Crippen LogP contribution in [0, 0.1) is 23.0 Å². The third-order valence-electron chi connectivity index (χ3n) is 4.03. The van der Waals surface area contributed by atoms with Gasteiger partial charge >= 0.3 is 0 Å². The molecule has 0 bridgehead atoms. The zero-order valence-corrected chi connectivity index (χ0v) is 11.6. The third kappa shape index (κ3) is 2.75. The van der Waals surface area contributed by atoms with E-state index in [1.54, 1.807) is 6.92 Å². The van der Waals surface area contributed by atoms with E-state index in [0.29, 0.717) is 17.5 Å². The summed E-state index contributed by atoms with van der Waals surface area (Å²) in [4.78, 5) is 17.1. The van der Waals surface area contributed by atoms with Crippen molar-refractivity contribution in [3.8, 4) is 0 Å². The highest BCUT2D eigenvalue weighted by Crippen LogP contribution is 2.33. The molecule has 3 rings (SSSR count). The average Bonchev–Trinajstić information content (AvgIpc) is 3.12. The maximum atomic E-state index is 10.9. The first-order valence-corrected chi connectivity index (χ1v) is 7.10. The van der Waals surface area contributed by atoms with Crippen LogP contribution in [0.3, 0.4) is 0 Å². The molecule has 1 aromatic heterocycles. The second kappa shape index (κ2) is 5.36. The highest BCUT2D eigenvalue weighted by atomic mass is 16.6. The van der Waals surface area contributed by atoms with Crippen LogP contribution >= 0.6 is 0 Å². The van der Waals surface area contributed by atoms with E-state index in [1.807, 2.05) is 6.07 Å². The van der Waals surface area contributed by atoms with Gasteiger partial charge in [-0.3, -0.25) is 10.1 Å². The molecule has 108 valence electrons. The summed E-state index contributed by atoms with van der Waals surface area (Å²) in [6.45, 7) is 4.37. The minimum atomic E-state index is -0.377. The Labute approximate surface area is 117 Å². The van der Waals surface area contributed by atoms with Gasteiger partial charge in [0.25, 0.3) is 5.69 Å². The average molecular weight is 277 g/mol. The van der Waals surface area contributed by atoms with E-state index in [4.69, 9.17) is 4.74 Å². The van der Waals surface area contributed by atoms with Gasteiger partial charge in [-0.1, -0.05) is 0 Å². The molecule has 0 spiro atoms. The van der Waals surface area contributed by atoms with E-state index in [2.05, 4.69) is 9.88 Å². The maximum absolute atomic E-state index is 10.9. The van der Waals surface area contributed by atoms with Crippen molar-refractivity contribution < 1.29 is 9.66 Å². The third-order valence-corrected chi connectivity index (χ3v) is 4.03. The van der Waals surface area contributed by atoms with E-state index < -0.39 is 0 Å². The first-order valence-electron chi connectivity index (χ1n) is 7.10. The number of nitro groups is 1. The lowest BCUT2D eigenvalue weighted by Gasteiger charge is -2.26. The Balaban J connectivity index is 1.80. The summed E-state index contributed by atoms with van der Waals surface area (Å²) in [6, 6.07) is 2.38. The van der Waals surface area contributed by atoms with Gasteiger partial charge < -0.3 is 9.64 Å². The topological polar surface area (TPSA) is 68.5 Å². The van der Waals surface area contributed by atoms with Gasteiger partial charge in [-0.2, -0.15) is 0 Å². The summed E-state index contributed by atoms with van der Waals surface area (Å²) >= 11 is 0. The zero-order chi connectivity index (χ0) is 14.1. The standard InChI is InChI=1S/C14H19N3O3/c1-10-6-14(15-7-13(10)17(18)19)16(12-2-3-12)8-11-4-5-20-9-11/h6-7,11-12H,2-5,8-9H2,1H3. The van der Waals surface area contributed by atoms with E-state index in [-0.39, 0.29) is 10.6 Å². The number of anilines is 1. The van der Waals surface area contributed by atoms with E-state index in [9.17, 15) is 10.1 Å². The molecule has 6 heteroatoms. The molecular weight excluding hydrogens is 258 g/mol. The Bertz CT molecular complexity index is 510. The van der Waals surface area contributed by atoms with Crippen molar-refractivity contribution in [2.75, 3.05) is 24.7 Å². The van der Waals surface area contributed by atoms with Crippen molar-refractivity contribution in [1.82, 2.24) is 4.98 Å². The lowest BCUT2D eigenvalue weighted by atomic mass is 10.1. The number of rotatable bonds is 5. The Morgan fingerprint density at radius 3 is 2.85 bits per heavy atom. The molecule has 2 aliphatic rings. The molecule has 0 amide bonds. The van der Waals surface area contributed by atoms with Gasteiger partial charge in [0, 0.05) is 30.7 Å². The molecule has 1 unspecified atom stereocenters. The van der Waals surface area contributed by atoms with E-state index in [1.165, 1.54) is 19.0 Å². The fraction of sp³-hybridized carbons (Fsp3) is 0.643. The van der Waals surface area contributed by atoms with Gasteiger partial charge in [-0.15, -0.1) is 0 Å². The molecule has 1 aliphatic carbocycles. The molecule has 2 heterocycles. The summed E-state index contributed by atoms with van der Waals surface area (Å²) in [5.74, 6) is 1.41. The first kappa shape index (κ1) is 13.3. The lowest BCUT2D eigenvalue weighted by Crippen LogP contribution is -2.32. The maximum Gasteiger partial charge on any atom is 0.290 e. The van der Waals surface area contributed by atoms with Gasteiger partial charge in [0.2, 0.25) is 0 Å². The number of aryl methyl sites for hydroxylation is 1. The van der Waals surface area contributed by atoms with Crippen molar-refractivity contribution in [1.29, 1.82) is 0 Å². The summed E-state index contributed by atoms with van der Waals surface area (Å²) in [5, 5.41) is 10.9. The van der Waals surface area contributed by atoms with Crippen molar-refractivity contribution in [2.24, 2.45) is 5.92 Å². The number of aromatic nitrogens is 1. The molecule has 1 atom stereocenters. The largest absolute Gasteiger partial charge is 0.381 e. The molecule has 20 heavy (non-hydrogen) atoms. The predicted octanol–water partition coefficient (Wildman–Crippen LogP) is 2.30. The van der Waals surface area contributed by atoms with E-state index >= 15 is 0 Å². The van der Waals surface area contributed by atoms with Crippen LogP contribution < -0.4 is 4.90 Å². The van der Waals surface area contributed by atoms with Gasteiger partial charge in [-0.25, -0.2) is 4.98 Å². The molecule has 1 saturated carbocycles. The van der Waals surface area contributed by atoms with Crippen LogP contribution in [0.1, 0.15) is 24.8 Å². The van der Waals surface area contributed by atoms with Crippen molar-refractivity contribution >= 4 is 11.5 Å². The number of ether oxygens (including phenoxy) is 1. The van der Waals surface area contributed by atoms with Crippen LogP contribution in [-0.2, 0) is 4.74 Å². The Kier molecular flexibility index (Phi) is 3.56. The van der Waals surface area contributed by atoms with Crippen LogP contribution in [-0.4, -0.2) is 35.7 Å². The Morgan fingerprint density at radius 1 is 1.50 bits per heavy atom. The fourth-order valence-corrected chi connectivity index (χ4v) is 2.70. The predicted molar refractivity (Wildman–Crippen MR) is 74.9 cm³/mol. The van der Waals surface area contributed by atoms with Crippen molar-refractivity contribution in [3.05, 3.63) is 27.9 Å². The highest BCUT2D eigenvalue weighted by Gasteiger charge is 2.33. The van der Waals surface area contributed by atoms with Crippen LogP contribution in [0.15, 0.2) is 12.3 Å². The Hall–Kier alpha value is -1.69. The monoisotopic (exact) mass is 277 g/mol. The van der Waals surface area contributed by atoms with Crippen molar-refractivity contribution in [3.63, 3.8) is 0 Å². The molecule has 1 saturated heterocycles. The van der Waals surface area contributed by atoms with Gasteiger partial charge in [-0.05, 0) is 32.3 Å². The highest BCUT2D eigenvalue weighted by molar-refractivity contribution is 5.50. The second-order valence-electron chi connectivity index (χ2n) is 5.70. The number of nitrogens with zero attached hydrogens (tertiary/aromatic N) is 3. The molecule has 0 N–H and O–H groups in total. The zero-order valence-electron chi connectivity index (χ0n) is 11.6. The number of hydrogen-bond donors (Lipinski definition) is 0. The van der Waals surface area contributed by atoms with Crippen molar-refractivity contribution in [2.45, 2.75) is 32.2 Å². The fourth-order valence-electron chi connectivity index (χ4n) is 2.70. The van der Waals surface area contributed by atoms with Gasteiger partial charge in [0.05, 0.1) is 11.5 Å². The van der Waals surface area contributed by atoms with Crippen LogP contribution in [0.2, 0.25) is 0 Å². The summed E-state index contributed by atoms with van der Waals surface area (Å²) in [5.41, 5.74) is 0.766. The summed E-state index contributed by atoms with van der Waals surface area (Å²) < 4.78 is 5.43. The molecule has 2 fully saturated rings. The number of pyridine rings is 1. The minimum absolute atomic E-state index is 0.0914. The molecule has 0 radical (unpaired) electrons. The lowest BCUT2D eigenvalue weighted by molar-refractivity contribution is -0.385. The Morgan fingerprint density at radius 2 is 2.30 bits per heavy atom. The number of hydrogen-bond acceptors (Lipinski definition) is 5. The van der Waals surface area contributed by atoms with Crippen LogP contribution in [0.25, 0.3) is 0 Å². The molecular formula is C14H19N3O3. The molecule has 0 aromatic carbocycles. The SMILES string of the molecule is Cc1cc(N(CC2CCOC2)C2CC2)ncc1[N+](=O)[O-]. The quantitative estimate of drug-likeness (QED) is 0.610. The molecule has 1 aromatic rings. The van der Waals surface area contributed by atoms with Gasteiger partial charge in [0.15, 0.2) is 0 Å². The molecule has 1 aliphatic heterocycles. The van der Waals surface area contributed by atoms with Crippen LogP contribution in [0.5, 0.6) is 0 Å². The van der Waals surface area contributed by atoms with Crippen LogP contribution in [0.4, 0.5) is 11.5 Å². The van der Waals surface area contributed by atoms with Gasteiger partial charge in [0.1, 0.15) is 12.0 Å². The summed E-state index contributed by atoms with van der Waals surface area (Å²) in [6.07, 6.45) is 4.84. The first-order chi connectivity index (χ1) is 9.65.